The number of carboxylic acid groups (broad SMARTS) is 1. The Morgan fingerprint density at radius 3 is 2.58 bits per heavy atom. The normalized spacial score (nSPS) is 10.2. The van der Waals surface area contributed by atoms with Crippen molar-refractivity contribution < 1.29 is 14.3 Å². The minimum Gasteiger partial charge on any atom is -0.478 e. The molecule has 0 atom stereocenters. The SMILES string of the molecule is Nc1cc(F)c(Nc2ccccc2I)cc1C(=O)O. The molecule has 0 bridgehead atoms. The number of halogens is 2. The molecule has 0 heterocycles. The second kappa shape index (κ2) is 5.43. The lowest BCUT2D eigenvalue weighted by Crippen LogP contribution is -2.05. The first-order valence-electron chi connectivity index (χ1n) is 5.33. The molecule has 0 spiro atoms. The quantitative estimate of drug-likeness (QED) is 0.570. The van der Waals surface area contributed by atoms with Gasteiger partial charge in [-0.1, -0.05) is 12.1 Å². The van der Waals surface area contributed by atoms with E-state index in [4.69, 9.17) is 10.8 Å². The molecule has 6 heteroatoms. The number of benzene rings is 2. The maximum Gasteiger partial charge on any atom is 0.337 e. The van der Waals surface area contributed by atoms with E-state index in [2.05, 4.69) is 27.9 Å². The van der Waals surface area contributed by atoms with Crippen LogP contribution in [0.4, 0.5) is 21.5 Å². The van der Waals surface area contributed by atoms with Gasteiger partial charge in [-0.15, -0.1) is 0 Å². The van der Waals surface area contributed by atoms with Crippen molar-refractivity contribution in [3.63, 3.8) is 0 Å². The van der Waals surface area contributed by atoms with E-state index in [0.29, 0.717) is 5.69 Å². The molecule has 4 nitrogen and oxygen atoms in total. The van der Waals surface area contributed by atoms with Crippen LogP contribution in [0.3, 0.4) is 0 Å². The Kier molecular flexibility index (Phi) is 3.89. The summed E-state index contributed by atoms with van der Waals surface area (Å²) in [6.07, 6.45) is 0. The van der Waals surface area contributed by atoms with Gasteiger partial charge in [-0.3, -0.25) is 0 Å². The van der Waals surface area contributed by atoms with E-state index in [1.165, 1.54) is 6.07 Å². The Labute approximate surface area is 122 Å². The van der Waals surface area contributed by atoms with Crippen LogP contribution in [-0.4, -0.2) is 11.1 Å². The van der Waals surface area contributed by atoms with Crippen LogP contribution in [-0.2, 0) is 0 Å². The predicted octanol–water partition coefficient (Wildman–Crippen LogP) is 3.45. The van der Waals surface area contributed by atoms with Crippen molar-refractivity contribution in [2.24, 2.45) is 0 Å². The summed E-state index contributed by atoms with van der Waals surface area (Å²) in [5.74, 6) is -1.79. The Balaban J connectivity index is 2.43. The number of rotatable bonds is 3. The van der Waals surface area contributed by atoms with E-state index in [0.717, 1.165) is 9.64 Å². The largest absolute Gasteiger partial charge is 0.478 e. The summed E-state index contributed by atoms with van der Waals surface area (Å²) in [7, 11) is 0. The van der Waals surface area contributed by atoms with Crippen molar-refractivity contribution in [2.75, 3.05) is 11.1 Å². The maximum atomic E-state index is 13.8. The molecule has 0 amide bonds. The minimum absolute atomic E-state index is 0.0794. The number of hydrogen-bond acceptors (Lipinski definition) is 3. The first-order chi connectivity index (χ1) is 8.99. The zero-order chi connectivity index (χ0) is 14.0. The van der Waals surface area contributed by atoms with Gasteiger partial charge in [-0.2, -0.15) is 0 Å². The van der Waals surface area contributed by atoms with Crippen LogP contribution in [0.1, 0.15) is 10.4 Å². The van der Waals surface area contributed by atoms with Gasteiger partial charge in [-0.05, 0) is 46.9 Å². The van der Waals surface area contributed by atoms with E-state index in [1.807, 2.05) is 12.1 Å². The van der Waals surface area contributed by atoms with Gasteiger partial charge < -0.3 is 16.2 Å². The zero-order valence-electron chi connectivity index (χ0n) is 9.65. The van der Waals surface area contributed by atoms with Crippen molar-refractivity contribution >= 4 is 45.6 Å². The standard InChI is InChI=1S/C13H10FIN2O2/c14-8-6-10(16)7(13(18)19)5-12(8)17-11-4-2-1-3-9(11)15/h1-6,17H,16H2,(H,18,19). The molecule has 0 aliphatic heterocycles. The highest BCUT2D eigenvalue weighted by atomic mass is 127. The predicted molar refractivity (Wildman–Crippen MR) is 80.2 cm³/mol. The first-order valence-corrected chi connectivity index (χ1v) is 6.41. The van der Waals surface area contributed by atoms with E-state index in [-0.39, 0.29) is 16.9 Å². The van der Waals surface area contributed by atoms with Crippen LogP contribution in [0.5, 0.6) is 0 Å². The minimum atomic E-state index is -1.19. The molecule has 0 fully saturated rings. The topological polar surface area (TPSA) is 75.3 Å². The van der Waals surface area contributed by atoms with Gasteiger partial charge in [0.05, 0.1) is 16.9 Å². The molecule has 0 aliphatic rings. The number of nitrogens with two attached hydrogens (primary N) is 1. The average Bonchev–Trinajstić information content (AvgIpc) is 2.34. The van der Waals surface area contributed by atoms with Crippen LogP contribution in [0, 0.1) is 9.39 Å². The zero-order valence-corrected chi connectivity index (χ0v) is 11.8. The van der Waals surface area contributed by atoms with Crippen LogP contribution < -0.4 is 11.1 Å². The second-order valence-electron chi connectivity index (χ2n) is 3.83. The van der Waals surface area contributed by atoms with Gasteiger partial charge in [0.2, 0.25) is 0 Å². The molecule has 19 heavy (non-hydrogen) atoms. The van der Waals surface area contributed by atoms with Gasteiger partial charge in [0.1, 0.15) is 5.82 Å². The molecule has 0 aliphatic carbocycles. The molecule has 0 unspecified atom stereocenters. The fourth-order valence-corrected chi connectivity index (χ4v) is 2.10. The van der Waals surface area contributed by atoms with Gasteiger partial charge in [0.15, 0.2) is 0 Å². The Morgan fingerprint density at radius 2 is 1.95 bits per heavy atom. The molecular weight excluding hydrogens is 362 g/mol. The molecule has 0 radical (unpaired) electrons. The molecule has 2 aromatic carbocycles. The summed E-state index contributed by atoms with van der Waals surface area (Å²) < 4.78 is 14.7. The van der Waals surface area contributed by atoms with Crippen molar-refractivity contribution in [1.29, 1.82) is 0 Å². The van der Waals surface area contributed by atoms with Gasteiger partial charge in [-0.25, -0.2) is 9.18 Å². The third-order valence-electron chi connectivity index (χ3n) is 2.51. The fourth-order valence-electron chi connectivity index (χ4n) is 1.58. The molecular formula is C13H10FIN2O2. The lowest BCUT2D eigenvalue weighted by molar-refractivity contribution is 0.0698. The smallest absolute Gasteiger partial charge is 0.337 e. The van der Waals surface area contributed by atoms with E-state index >= 15 is 0 Å². The lowest BCUT2D eigenvalue weighted by Gasteiger charge is -2.11. The number of hydrogen-bond donors (Lipinski definition) is 3. The summed E-state index contributed by atoms with van der Waals surface area (Å²) >= 11 is 2.10. The Hall–Kier alpha value is -1.83. The number of carbonyl (C=O) groups is 1. The number of aromatic carboxylic acids is 1. The molecule has 0 saturated carbocycles. The van der Waals surface area contributed by atoms with E-state index in [9.17, 15) is 9.18 Å². The Bertz CT molecular complexity index is 647. The number of nitrogen functional groups attached to an aromatic ring is 1. The average molecular weight is 372 g/mol. The molecule has 2 aromatic rings. The van der Waals surface area contributed by atoms with Crippen molar-refractivity contribution in [1.82, 2.24) is 0 Å². The number of anilines is 3. The van der Waals surface area contributed by atoms with Crippen LogP contribution in [0.25, 0.3) is 0 Å². The number of carboxylic acids is 1. The Morgan fingerprint density at radius 1 is 1.26 bits per heavy atom. The number of nitrogens with one attached hydrogen (secondary N) is 1. The lowest BCUT2D eigenvalue weighted by atomic mass is 10.1. The fraction of sp³-hybridized carbons (Fsp3) is 0. The summed E-state index contributed by atoms with van der Waals surface area (Å²) in [6, 6.07) is 9.48. The third-order valence-corrected chi connectivity index (χ3v) is 3.45. The summed E-state index contributed by atoms with van der Waals surface area (Å²) in [6.45, 7) is 0. The highest BCUT2D eigenvalue weighted by Crippen LogP contribution is 2.27. The van der Waals surface area contributed by atoms with Crippen molar-refractivity contribution in [3.05, 3.63) is 51.3 Å². The second-order valence-corrected chi connectivity index (χ2v) is 4.99. The van der Waals surface area contributed by atoms with Crippen molar-refractivity contribution in [3.8, 4) is 0 Å². The highest BCUT2D eigenvalue weighted by Gasteiger charge is 2.13. The monoisotopic (exact) mass is 372 g/mol. The molecule has 98 valence electrons. The first kappa shape index (κ1) is 13.6. The third kappa shape index (κ3) is 2.95. The summed E-state index contributed by atoms with van der Waals surface area (Å²) in [4.78, 5) is 11.0. The van der Waals surface area contributed by atoms with Crippen LogP contribution in [0.2, 0.25) is 0 Å². The van der Waals surface area contributed by atoms with E-state index in [1.54, 1.807) is 12.1 Å². The van der Waals surface area contributed by atoms with Gasteiger partial charge in [0.25, 0.3) is 0 Å². The highest BCUT2D eigenvalue weighted by molar-refractivity contribution is 14.1. The summed E-state index contributed by atoms with van der Waals surface area (Å²) in [5, 5.41) is 11.8. The van der Waals surface area contributed by atoms with Crippen LogP contribution in [0.15, 0.2) is 36.4 Å². The molecule has 2 rings (SSSR count). The van der Waals surface area contributed by atoms with Gasteiger partial charge in [0, 0.05) is 9.26 Å². The summed E-state index contributed by atoms with van der Waals surface area (Å²) in [5.41, 5.74) is 6.01. The van der Waals surface area contributed by atoms with Crippen molar-refractivity contribution in [2.45, 2.75) is 0 Å². The molecule has 0 saturated heterocycles. The van der Waals surface area contributed by atoms with Gasteiger partial charge >= 0.3 is 5.97 Å². The van der Waals surface area contributed by atoms with E-state index < -0.39 is 11.8 Å². The molecule has 0 aromatic heterocycles. The van der Waals surface area contributed by atoms with Crippen LogP contribution >= 0.6 is 22.6 Å². The maximum absolute atomic E-state index is 13.8. The number of para-hydroxylation sites is 1. The molecule has 4 N–H and O–H groups in total.